The van der Waals surface area contributed by atoms with Crippen LogP contribution in [0, 0.1) is 11.2 Å². The van der Waals surface area contributed by atoms with E-state index in [1.54, 1.807) is 12.1 Å². The van der Waals surface area contributed by atoms with Crippen molar-refractivity contribution in [2.24, 2.45) is 5.41 Å². The second-order valence-electron chi connectivity index (χ2n) is 7.94. The quantitative estimate of drug-likeness (QED) is 0.542. The molecule has 27 heavy (non-hydrogen) atoms. The molecule has 0 atom stereocenters. The van der Waals surface area contributed by atoms with E-state index >= 15 is 0 Å². The first-order chi connectivity index (χ1) is 13.0. The first-order valence-electron chi connectivity index (χ1n) is 9.91. The van der Waals surface area contributed by atoms with Crippen LogP contribution < -0.4 is 0 Å². The van der Waals surface area contributed by atoms with Crippen molar-refractivity contribution in [1.82, 2.24) is 9.80 Å². The molecule has 3 rings (SSSR count). The lowest BCUT2D eigenvalue weighted by Gasteiger charge is -2.47. The summed E-state index contributed by atoms with van der Waals surface area (Å²) < 4.78 is 12.9. The molecule has 146 valence electrons. The Balaban J connectivity index is 1.42. The summed E-state index contributed by atoms with van der Waals surface area (Å²) in [5.41, 5.74) is 0.848. The van der Waals surface area contributed by atoms with Crippen molar-refractivity contribution < 1.29 is 14.0 Å². The number of piperidine rings is 2. The van der Waals surface area contributed by atoms with Crippen molar-refractivity contribution in [3.63, 3.8) is 0 Å². The van der Waals surface area contributed by atoms with Crippen molar-refractivity contribution in [2.75, 3.05) is 32.7 Å². The Kier molecular flexibility index (Phi) is 6.42. The number of Topliss-reactive ketones (excluding diaryl/α,β-unsaturated/α-hetero) is 1. The van der Waals surface area contributed by atoms with Gasteiger partial charge in [-0.2, -0.15) is 0 Å². The number of benzene rings is 1. The van der Waals surface area contributed by atoms with E-state index in [0.29, 0.717) is 24.9 Å². The number of hydrogen-bond acceptors (Lipinski definition) is 3. The predicted octanol–water partition coefficient (Wildman–Crippen LogP) is 3.68. The van der Waals surface area contributed by atoms with Gasteiger partial charge in [0.2, 0.25) is 5.91 Å². The molecule has 2 saturated heterocycles. The third kappa shape index (κ3) is 5.04. The van der Waals surface area contributed by atoms with E-state index in [1.165, 1.54) is 12.1 Å². The summed E-state index contributed by atoms with van der Waals surface area (Å²) in [4.78, 5) is 28.6. The van der Waals surface area contributed by atoms with Gasteiger partial charge in [-0.1, -0.05) is 6.08 Å². The average molecular weight is 372 g/mol. The highest BCUT2D eigenvalue weighted by atomic mass is 19.1. The van der Waals surface area contributed by atoms with Crippen LogP contribution in [0.5, 0.6) is 0 Å². The number of amides is 1. The smallest absolute Gasteiger partial charge is 0.222 e. The largest absolute Gasteiger partial charge is 0.338 e. The van der Waals surface area contributed by atoms with E-state index in [2.05, 4.69) is 11.5 Å². The van der Waals surface area contributed by atoms with E-state index in [9.17, 15) is 14.0 Å². The van der Waals surface area contributed by atoms with Crippen LogP contribution in [0.2, 0.25) is 0 Å². The van der Waals surface area contributed by atoms with E-state index in [1.807, 2.05) is 11.0 Å². The standard InChI is InChI=1S/C22H29FN2O2/c1-2-13-25-17-22(10-9-21(25)27)11-15-24(16-12-22)14-3-4-20(26)18-5-7-19(23)8-6-18/h2,5-8H,1,3-4,9-17H2. The molecular formula is C22H29FN2O2. The van der Waals surface area contributed by atoms with Crippen molar-refractivity contribution >= 4 is 11.7 Å². The van der Waals surface area contributed by atoms with Gasteiger partial charge in [0.15, 0.2) is 5.78 Å². The molecule has 1 aromatic carbocycles. The van der Waals surface area contributed by atoms with Gasteiger partial charge in [-0.15, -0.1) is 6.58 Å². The number of hydrogen-bond donors (Lipinski definition) is 0. The first-order valence-corrected chi connectivity index (χ1v) is 9.91. The average Bonchev–Trinajstić information content (AvgIpc) is 2.67. The molecule has 2 aliphatic rings. The normalized spacial score (nSPS) is 20.0. The van der Waals surface area contributed by atoms with Gasteiger partial charge in [-0.3, -0.25) is 9.59 Å². The fraction of sp³-hybridized carbons (Fsp3) is 0.545. The van der Waals surface area contributed by atoms with Crippen LogP contribution in [0.1, 0.15) is 48.9 Å². The van der Waals surface area contributed by atoms with Crippen LogP contribution in [0.3, 0.4) is 0 Å². The number of carbonyl (C=O) groups is 2. The fourth-order valence-electron chi connectivity index (χ4n) is 4.33. The maximum atomic E-state index is 12.9. The van der Waals surface area contributed by atoms with Gasteiger partial charge in [-0.25, -0.2) is 4.39 Å². The van der Waals surface area contributed by atoms with Crippen LogP contribution in [0.25, 0.3) is 0 Å². The maximum absolute atomic E-state index is 12.9. The Labute approximate surface area is 161 Å². The van der Waals surface area contributed by atoms with Crippen LogP contribution in [-0.4, -0.2) is 54.2 Å². The second-order valence-corrected chi connectivity index (χ2v) is 7.94. The molecule has 0 aromatic heterocycles. The molecule has 0 saturated carbocycles. The molecule has 4 nitrogen and oxygen atoms in total. The number of halogens is 1. The molecule has 5 heteroatoms. The fourth-order valence-corrected chi connectivity index (χ4v) is 4.33. The molecule has 1 aromatic rings. The minimum Gasteiger partial charge on any atom is -0.338 e. The lowest BCUT2D eigenvalue weighted by Crippen LogP contribution is -2.51. The predicted molar refractivity (Wildman–Crippen MR) is 104 cm³/mol. The Morgan fingerprint density at radius 2 is 1.89 bits per heavy atom. The van der Waals surface area contributed by atoms with E-state index in [4.69, 9.17) is 0 Å². The van der Waals surface area contributed by atoms with Gasteiger partial charge in [0.25, 0.3) is 0 Å². The molecule has 1 spiro atoms. The van der Waals surface area contributed by atoms with Gasteiger partial charge in [0.05, 0.1) is 0 Å². The van der Waals surface area contributed by atoms with E-state index in [-0.39, 0.29) is 22.9 Å². The van der Waals surface area contributed by atoms with Crippen molar-refractivity contribution in [1.29, 1.82) is 0 Å². The highest BCUT2D eigenvalue weighted by molar-refractivity contribution is 5.95. The Hall–Kier alpha value is -2.01. The lowest BCUT2D eigenvalue weighted by molar-refractivity contribution is -0.138. The van der Waals surface area contributed by atoms with Gasteiger partial charge in [0.1, 0.15) is 5.82 Å². The van der Waals surface area contributed by atoms with Crippen molar-refractivity contribution in [3.05, 3.63) is 48.3 Å². The zero-order chi connectivity index (χ0) is 19.3. The zero-order valence-corrected chi connectivity index (χ0v) is 16.0. The zero-order valence-electron chi connectivity index (χ0n) is 16.0. The molecule has 0 unspecified atom stereocenters. The van der Waals surface area contributed by atoms with Crippen LogP contribution >= 0.6 is 0 Å². The second kappa shape index (κ2) is 8.79. The van der Waals surface area contributed by atoms with Crippen LogP contribution in [0.4, 0.5) is 4.39 Å². The summed E-state index contributed by atoms with van der Waals surface area (Å²) in [5.74, 6) is 0.0152. The molecular weight excluding hydrogens is 343 g/mol. The van der Waals surface area contributed by atoms with E-state index < -0.39 is 0 Å². The number of likely N-dealkylation sites (tertiary alicyclic amines) is 2. The first kappa shape index (κ1) is 19.7. The molecule has 2 heterocycles. The lowest BCUT2D eigenvalue weighted by atomic mass is 9.72. The summed E-state index contributed by atoms with van der Waals surface area (Å²) in [5, 5.41) is 0. The van der Waals surface area contributed by atoms with Gasteiger partial charge in [-0.05, 0) is 75.0 Å². The number of carbonyl (C=O) groups excluding carboxylic acids is 2. The van der Waals surface area contributed by atoms with Crippen LogP contribution in [0.15, 0.2) is 36.9 Å². The Morgan fingerprint density at radius 1 is 1.19 bits per heavy atom. The Bertz CT molecular complexity index is 678. The summed E-state index contributed by atoms with van der Waals surface area (Å²) in [6.45, 7) is 8.24. The monoisotopic (exact) mass is 372 g/mol. The van der Waals surface area contributed by atoms with Crippen molar-refractivity contribution in [2.45, 2.75) is 38.5 Å². The van der Waals surface area contributed by atoms with E-state index in [0.717, 1.165) is 51.9 Å². The molecule has 2 aliphatic heterocycles. The van der Waals surface area contributed by atoms with Gasteiger partial charge >= 0.3 is 0 Å². The highest BCUT2D eigenvalue weighted by Crippen LogP contribution is 2.40. The molecule has 0 bridgehead atoms. The summed E-state index contributed by atoms with van der Waals surface area (Å²) >= 11 is 0. The molecule has 2 fully saturated rings. The minimum atomic E-state index is -0.315. The summed E-state index contributed by atoms with van der Waals surface area (Å²) in [6.07, 6.45) is 7.00. The third-order valence-electron chi connectivity index (χ3n) is 6.06. The summed E-state index contributed by atoms with van der Waals surface area (Å²) in [6, 6.07) is 5.78. The maximum Gasteiger partial charge on any atom is 0.222 e. The number of ketones is 1. The number of nitrogens with zero attached hydrogens (tertiary/aromatic N) is 2. The molecule has 0 radical (unpaired) electrons. The SMILES string of the molecule is C=CCN1CC2(CCC1=O)CCN(CCCC(=O)c1ccc(F)cc1)CC2. The van der Waals surface area contributed by atoms with Gasteiger partial charge in [0, 0.05) is 31.5 Å². The van der Waals surface area contributed by atoms with Gasteiger partial charge < -0.3 is 9.80 Å². The third-order valence-corrected chi connectivity index (χ3v) is 6.06. The topological polar surface area (TPSA) is 40.6 Å². The minimum absolute atomic E-state index is 0.0781. The number of rotatable bonds is 7. The molecule has 0 aliphatic carbocycles. The molecule has 0 N–H and O–H groups in total. The Morgan fingerprint density at radius 3 is 2.56 bits per heavy atom. The highest BCUT2D eigenvalue weighted by Gasteiger charge is 2.40. The molecule has 1 amide bonds. The summed E-state index contributed by atoms with van der Waals surface area (Å²) in [7, 11) is 0. The van der Waals surface area contributed by atoms with Crippen molar-refractivity contribution in [3.8, 4) is 0 Å². The van der Waals surface area contributed by atoms with Crippen LogP contribution in [-0.2, 0) is 4.79 Å².